The number of pyridine rings is 1. The Hall–Kier alpha value is -4.47. The molecule has 3 aromatic heterocycles. The highest BCUT2D eigenvalue weighted by Crippen LogP contribution is 2.37. The van der Waals surface area contributed by atoms with E-state index in [4.69, 9.17) is 25.2 Å². The van der Waals surface area contributed by atoms with Crippen molar-refractivity contribution in [2.24, 2.45) is 24.8 Å². The average molecular weight is 520 g/mol. The molecule has 13 heteroatoms. The van der Waals surface area contributed by atoms with E-state index in [1.807, 2.05) is 28.8 Å². The van der Waals surface area contributed by atoms with E-state index >= 15 is 0 Å². The van der Waals surface area contributed by atoms with Crippen LogP contribution < -0.4 is 20.1 Å². The molecule has 5 rings (SSSR count). The van der Waals surface area contributed by atoms with Crippen molar-refractivity contribution >= 4 is 17.7 Å². The van der Waals surface area contributed by atoms with E-state index in [0.29, 0.717) is 49.7 Å². The number of anilines is 2. The van der Waals surface area contributed by atoms with Gasteiger partial charge in [0.05, 0.1) is 44.3 Å². The molecule has 0 bridgehead atoms. The number of piperidine rings is 1. The Morgan fingerprint density at radius 1 is 1.18 bits per heavy atom. The largest absolute Gasteiger partial charge is 0.489 e. The molecule has 38 heavy (non-hydrogen) atoms. The van der Waals surface area contributed by atoms with Gasteiger partial charge in [0.1, 0.15) is 0 Å². The number of hydrogen-bond acceptors (Lipinski definition) is 12. The lowest BCUT2D eigenvalue weighted by Gasteiger charge is -2.32. The number of methoxy groups -OCH3 is 1. The van der Waals surface area contributed by atoms with E-state index in [2.05, 4.69) is 31.0 Å². The second kappa shape index (κ2) is 10.9. The first-order valence-electron chi connectivity index (χ1n) is 12.4. The predicted octanol–water partition coefficient (Wildman–Crippen LogP) is 1.87. The van der Waals surface area contributed by atoms with E-state index in [1.165, 1.54) is 7.11 Å². The van der Waals surface area contributed by atoms with Crippen LogP contribution in [0.5, 0.6) is 11.8 Å². The van der Waals surface area contributed by atoms with Crippen molar-refractivity contribution in [3.63, 3.8) is 0 Å². The lowest BCUT2D eigenvalue weighted by molar-refractivity contribution is 0.0584. The van der Waals surface area contributed by atoms with Gasteiger partial charge >= 0.3 is 12.0 Å². The van der Waals surface area contributed by atoms with Crippen LogP contribution in [0.2, 0.25) is 0 Å². The fourth-order valence-electron chi connectivity index (χ4n) is 4.29. The topological polar surface area (TPSA) is 167 Å². The molecule has 4 heterocycles. The molecule has 2 N–H and O–H groups in total. The molecule has 3 aromatic rings. The number of imidazole rings is 1. The van der Waals surface area contributed by atoms with Gasteiger partial charge in [-0.25, -0.2) is 14.8 Å². The average Bonchev–Trinajstić information content (AvgIpc) is 3.59. The second-order valence-electron chi connectivity index (χ2n) is 9.55. The standard InChI is InChI=1S/C25H29N9O4/c1-33-11-19(29-14-33)17-8-20(21(27)28-10-17)37-12-15-3-5-34(6-4-15)24-30-22(23(35)36-2)31-25(32-24)38-13-18-7-16(18)9-26/h8,10-11,14-16,18H,3-7,12-13H2,1-2H3,(H2,27,28)/t16-,18+/m0/s1. The van der Waals surface area contributed by atoms with Gasteiger partial charge in [-0.05, 0) is 31.2 Å². The lowest BCUT2D eigenvalue weighted by atomic mass is 9.98. The van der Waals surface area contributed by atoms with Gasteiger partial charge < -0.3 is 29.4 Å². The van der Waals surface area contributed by atoms with Gasteiger partial charge in [0.25, 0.3) is 0 Å². The van der Waals surface area contributed by atoms with Gasteiger partial charge in [0, 0.05) is 44.0 Å². The van der Waals surface area contributed by atoms with E-state index in [-0.39, 0.29) is 23.7 Å². The Labute approximate surface area is 219 Å². The summed E-state index contributed by atoms with van der Waals surface area (Å²) in [5.74, 6) is 0.907. The van der Waals surface area contributed by atoms with E-state index in [0.717, 1.165) is 30.5 Å². The molecule has 0 spiro atoms. The van der Waals surface area contributed by atoms with Gasteiger partial charge in [-0.15, -0.1) is 0 Å². The van der Waals surface area contributed by atoms with Crippen LogP contribution in [0.4, 0.5) is 11.8 Å². The number of nitriles is 1. The normalized spacial score (nSPS) is 19.0. The number of hydrogen-bond donors (Lipinski definition) is 1. The molecule has 0 amide bonds. The fraction of sp³-hybridized carbons (Fsp3) is 0.480. The maximum atomic E-state index is 12.1. The third-order valence-electron chi connectivity index (χ3n) is 6.74. The van der Waals surface area contributed by atoms with Crippen molar-refractivity contribution in [3.05, 3.63) is 30.6 Å². The highest BCUT2D eigenvalue weighted by atomic mass is 16.5. The SMILES string of the molecule is COC(=O)c1nc(OC[C@H]2C[C@H]2C#N)nc(N2CCC(COc3cc(-c4cn(C)cn4)cnc3N)CC2)n1. The third-order valence-corrected chi connectivity index (χ3v) is 6.74. The number of ether oxygens (including phenoxy) is 3. The fourth-order valence-corrected chi connectivity index (χ4v) is 4.29. The van der Waals surface area contributed by atoms with Crippen molar-refractivity contribution in [1.29, 1.82) is 5.26 Å². The number of carbonyl (C=O) groups is 1. The number of rotatable bonds is 9. The minimum Gasteiger partial charge on any atom is -0.489 e. The van der Waals surface area contributed by atoms with Gasteiger partial charge in [0.2, 0.25) is 11.8 Å². The number of aromatic nitrogens is 6. The maximum absolute atomic E-state index is 12.1. The van der Waals surface area contributed by atoms with E-state index < -0.39 is 5.97 Å². The van der Waals surface area contributed by atoms with Crippen LogP contribution in [0.15, 0.2) is 24.8 Å². The summed E-state index contributed by atoms with van der Waals surface area (Å²) in [6, 6.07) is 4.14. The summed E-state index contributed by atoms with van der Waals surface area (Å²) in [7, 11) is 3.18. The zero-order valence-corrected chi connectivity index (χ0v) is 21.3. The highest BCUT2D eigenvalue weighted by Gasteiger charge is 2.38. The molecule has 1 aliphatic carbocycles. The van der Waals surface area contributed by atoms with Crippen LogP contribution in [0.1, 0.15) is 29.9 Å². The molecule has 2 atom stereocenters. The second-order valence-corrected chi connectivity index (χ2v) is 9.55. The molecule has 2 fully saturated rings. The lowest BCUT2D eigenvalue weighted by Crippen LogP contribution is -2.37. The van der Waals surface area contributed by atoms with Crippen molar-refractivity contribution in [2.75, 3.05) is 44.0 Å². The monoisotopic (exact) mass is 519 g/mol. The van der Waals surface area contributed by atoms with Crippen LogP contribution in [0.25, 0.3) is 11.3 Å². The van der Waals surface area contributed by atoms with Crippen molar-refractivity contribution in [1.82, 2.24) is 29.5 Å². The molecular weight excluding hydrogens is 490 g/mol. The Morgan fingerprint density at radius 2 is 2.00 bits per heavy atom. The first-order chi connectivity index (χ1) is 18.4. The van der Waals surface area contributed by atoms with Gasteiger partial charge in [0.15, 0.2) is 11.6 Å². The smallest absolute Gasteiger partial charge is 0.376 e. The zero-order valence-electron chi connectivity index (χ0n) is 21.3. The molecule has 2 aliphatic rings. The van der Waals surface area contributed by atoms with Gasteiger partial charge in [-0.2, -0.15) is 20.2 Å². The minimum absolute atomic E-state index is 0.00115. The molecule has 198 valence electrons. The van der Waals surface area contributed by atoms with Gasteiger partial charge in [-0.3, -0.25) is 0 Å². The van der Waals surface area contributed by atoms with Crippen molar-refractivity contribution < 1.29 is 19.0 Å². The number of nitrogen functional groups attached to an aromatic ring is 1. The Balaban J connectivity index is 1.19. The molecule has 0 radical (unpaired) electrons. The van der Waals surface area contributed by atoms with Crippen LogP contribution in [0, 0.1) is 29.1 Å². The van der Waals surface area contributed by atoms with Crippen LogP contribution >= 0.6 is 0 Å². The summed E-state index contributed by atoms with van der Waals surface area (Å²) in [6.45, 7) is 2.14. The van der Waals surface area contributed by atoms with Crippen molar-refractivity contribution in [3.8, 4) is 29.1 Å². The molecule has 0 aromatic carbocycles. The number of esters is 1. The summed E-state index contributed by atoms with van der Waals surface area (Å²) in [6.07, 6.45) is 7.77. The summed E-state index contributed by atoms with van der Waals surface area (Å²) < 4.78 is 18.4. The van der Waals surface area contributed by atoms with E-state index in [9.17, 15) is 4.79 Å². The zero-order chi connectivity index (χ0) is 26.6. The van der Waals surface area contributed by atoms with Crippen molar-refractivity contribution in [2.45, 2.75) is 19.3 Å². The highest BCUT2D eigenvalue weighted by molar-refractivity contribution is 5.85. The predicted molar refractivity (Wildman–Crippen MR) is 135 cm³/mol. The van der Waals surface area contributed by atoms with Crippen LogP contribution in [0.3, 0.4) is 0 Å². The minimum atomic E-state index is -0.665. The summed E-state index contributed by atoms with van der Waals surface area (Å²) in [4.78, 5) is 35.6. The Bertz CT molecular complexity index is 1350. The molecule has 1 saturated heterocycles. The molecule has 1 aliphatic heterocycles. The first-order valence-corrected chi connectivity index (χ1v) is 12.4. The summed E-state index contributed by atoms with van der Waals surface area (Å²) in [5.41, 5.74) is 7.69. The molecule has 13 nitrogen and oxygen atoms in total. The third kappa shape index (κ3) is 5.74. The van der Waals surface area contributed by atoms with Crippen LogP contribution in [-0.2, 0) is 11.8 Å². The Kier molecular flexibility index (Phi) is 7.21. The first kappa shape index (κ1) is 25.2. The number of aryl methyl sites for hydroxylation is 1. The summed E-state index contributed by atoms with van der Waals surface area (Å²) >= 11 is 0. The Morgan fingerprint density at radius 3 is 2.68 bits per heavy atom. The molecular formula is C25H29N9O4. The molecule has 0 unspecified atom stereocenters. The van der Waals surface area contributed by atoms with Crippen LogP contribution in [-0.4, -0.2) is 68.9 Å². The quantitative estimate of drug-likeness (QED) is 0.408. The number of carbonyl (C=O) groups excluding carboxylic acids is 1. The maximum Gasteiger partial charge on any atom is 0.376 e. The summed E-state index contributed by atoms with van der Waals surface area (Å²) in [5, 5.41) is 9.00. The molecule has 1 saturated carbocycles. The van der Waals surface area contributed by atoms with E-state index in [1.54, 1.807) is 12.5 Å². The number of nitrogens with two attached hydrogens (primary N) is 1. The number of nitrogens with zero attached hydrogens (tertiary/aromatic N) is 8. The van der Waals surface area contributed by atoms with Gasteiger partial charge in [-0.1, -0.05) is 0 Å².